The van der Waals surface area contributed by atoms with Crippen LogP contribution in [-0.2, 0) is 13.1 Å². The van der Waals surface area contributed by atoms with Gasteiger partial charge in [-0.05, 0) is 26.0 Å². The van der Waals surface area contributed by atoms with E-state index in [1.165, 1.54) is 4.57 Å². The van der Waals surface area contributed by atoms with Crippen molar-refractivity contribution in [3.63, 3.8) is 0 Å². The average Bonchev–Trinajstić information content (AvgIpc) is 2.55. The molecular formula is C17H20N4O2. The minimum atomic E-state index is -0.531. The van der Waals surface area contributed by atoms with Gasteiger partial charge in [0, 0.05) is 38.4 Å². The zero-order valence-electron chi connectivity index (χ0n) is 13.8. The molecule has 0 bridgehead atoms. The minimum Gasteiger partial charge on any atom is -0.378 e. The van der Waals surface area contributed by atoms with Gasteiger partial charge in [0.2, 0.25) is 0 Å². The summed E-state index contributed by atoms with van der Waals surface area (Å²) in [5.74, 6) is 0. The van der Waals surface area contributed by atoms with Crippen molar-refractivity contribution in [2.75, 3.05) is 19.0 Å². The highest BCUT2D eigenvalue weighted by Crippen LogP contribution is 2.23. The van der Waals surface area contributed by atoms with Gasteiger partial charge < -0.3 is 4.90 Å². The summed E-state index contributed by atoms with van der Waals surface area (Å²) in [5, 5.41) is 9.45. The topological polar surface area (TPSA) is 71.0 Å². The van der Waals surface area contributed by atoms with Gasteiger partial charge in [-0.1, -0.05) is 12.1 Å². The molecule has 0 unspecified atom stereocenters. The summed E-state index contributed by atoms with van der Waals surface area (Å²) >= 11 is 0. The van der Waals surface area contributed by atoms with Crippen molar-refractivity contribution in [3.8, 4) is 17.3 Å². The number of aromatic nitrogens is 2. The van der Waals surface area contributed by atoms with Crippen LogP contribution >= 0.6 is 0 Å². The van der Waals surface area contributed by atoms with Crippen LogP contribution in [-0.4, -0.2) is 23.2 Å². The Morgan fingerprint density at radius 2 is 1.61 bits per heavy atom. The lowest BCUT2D eigenvalue weighted by Gasteiger charge is -2.17. The molecule has 0 N–H and O–H groups in total. The summed E-state index contributed by atoms with van der Waals surface area (Å²) in [5.41, 5.74) is 1.17. The van der Waals surface area contributed by atoms with Crippen molar-refractivity contribution in [1.29, 1.82) is 5.26 Å². The third-order valence-electron chi connectivity index (χ3n) is 3.83. The average molecular weight is 312 g/mol. The van der Waals surface area contributed by atoms with E-state index < -0.39 is 5.56 Å². The quantitative estimate of drug-likeness (QED) is 0.861. The van der Waals surface area contributed by atoms with E-state index in [0.29, 0.717) is 17.8 Å². The second kappa shape index (κ2) is 6.53. The first kappa shape index (κ1) is 16.6. The lowest BCUT2D eigenvalue weighted by Crippen LogP contribution is -2.41. The van der Waals surface area contributed by atoms with E-state index in [1.54, 1.807) is 6.92 Å². The van der Waals surface area contributed by atoms with E-state index in [0.717, 1.165) is 10.3 Å². The fourth-order valence-corrected chi connectivity index (χ4v) is 2.59. The van der Waals surface area contributed by atoms with Crippen molar-refractivity contribution in [1.82, 2.24) is 9.13 Å². The second-order valence-corrected chi connectivity index (χ2v) is 5.35. The maximum atomic E-state index is 12.5. The SMILES string of the molecule is CCn1c(-c2ccc(N(C)C)cc2)c(C#N)c(=O)n(CC)c1=O. The van der Waals surface area contributed by atoms with Gasteiger partial charge in [-0.2, -0.15) is 5.26 Å². The fraction of sp³-hybridized carbons (Fsp3) is 0.353. The largest absolute Gasteiger partial charge is 0.378 e. The molecule has 1 heterocycles. The highest BCUT2D eigenvalue weighted by Gasteiger charge is 2.19. The van der Waals surface area contributed by atoms with Crippen LogP contribution in [0, 0.1) is 11.3 Å². The summed E-state index contributed by atoms with van der Waals surface area (Å²) in [4.78, 5) is 26.9. The molecule has 2 rings (SSSR count). The Morgan fingerprint density at radius 3 is 2.04 bits per heavy atom. The molecule has 2 aromatic rings. The molecule has 0 fully saturated rings. The maximum Gasteiger partial charge on any atom is 0.331 e. The fourth-order valence-electron chi connectivity index (χ4n) is 2.59. The highest BCUT2D eigenvalue weighted by molar-refractivity contribution is 5.68. The van der Waals surface area contributed by atoms with Crippen LogP contribution in [0.1, 0.15) is 19.4 Å². The first-order valence-electron chi connectivity index (χ1n) is 7.51. The number of nitrogens with zero attached hydrogens (tertiary/aromatic N) is 4. The molecule has 6 heteroatoms. The van der Waals surface area contributed by atoms with E-state index in [9.17, 15) is 14.9 Å². The monoisotopic (exact) mass is 312 g/mol. The van der Waals surface area contributed by atoms with Gasteiger partial charge in [0.05, 0.1) is 5.69 Å². The van der Waals surface area contributed by atoms with Crippen LogP contribution in [0.5, 0.6) is 0 Å². The second-order valence-electron chi connectivity index (χ2n) is 5.35. The molecule has 0 spiro atoms. The van der Waals surface area contributed by atoms with Crippen molar-refractivity contribution in [2.24, 2.45) is 0 Å². The predicted octanol–water partition coefficient (Wildman–Crippen LogP) is 1.65. The molecule has 0 saturated heterocycles. The summed E-state index contributed by atoms with van der Waals surface area (Å²) in [6, 6.07) is 9.42. The molecule has 0 atom stereocenters. The number of benzene rings is 1. The Bertz CT molecular complexity index is 868. The number of nitriles is 1. The first-order chi connectivity index (χ1) is 11.0. The number of hydrogen-bond acceptors (Lipinski definition) is 4. The first-order valence-corrected chi connectivity index (χ1v) is 7.51. The van der Waals surface area contributed by atoms with Crippen LogP contribution < -0.4 is 16.1 Å². The van der Waals surface area contributed by atoms with Crippen molar-refractivity contribution < 1.29 is 0 Å². The molecule has 1 aromatic carbocycles. The summed E-state index contributed by atoms with van der Waals surface area (Å²) in [7, 11) is 3.86. The third-order valence-corrected chi connectivity index (χ3v) is 3.83. The molecule has 0 aliphatic rings. The van der Waals surface area contributed by atoms with Gasteiger partial charge in [-0.15, -0.1) is 0 Å². The van der Waals surface area contributed by atoms with E-state index >= 15 is 0 Å². The van der Waals surface area contributed by atoms with Crippen molar-refractivity contribution in [3.05, 3.63) is 50.7 Å². The maximum absolute atomic E-state index is 12.5. The van der Waals surface area contributed by atoms with Crippen LogP contribution in [0.2, 0.25) is 0 Å². The van der Waals surface area contributed by atoms with Gasteiger partial charge in [0.25, 0.3) is 5.56 Å². The zero-order valence-corrected chi connectivity index (χ0v) is 13.8. The summed E-state index contributed by atoms with van der Waals surface area (Å²) in [6.45, 7) is 4.17. The molecule has 0 aliphatic heterocycles. The van der Waals surface area contributed by atoms with Crippen LogP contribution in [0.3, 0.4) is 0 Å². The van der Waals surface area contributed by atoms with E-state index in [-0.39, 0.29) is 17.8 Å². The van der Waals surface area contributed by atoms with Gasteiger partial charge in [-0.3, -0.25) is 13.9 Å². The lowest BCUT2D eigenvalue weighted by atomic mass is 10.1. The zero-order chi connectivity index (χ0) is 17.1. The van der Waals surface area contributed by atoms with Crippen LogP contribution in [0.4, 0.5) is 5.69 Å². The number of anilines is 1. The van der Waals surface area contributed by atoms with Gasteiger partial charge in [-0.25, -0.2) is 4.79 Å². The number of hydrogen-bond donors (Lipinski definition) is 0. The molecule has 1 aromatic heterocycles. The van der Waals surface area contributed by atoms with Crippen molar-refractivity contribution in [2.45, 2.75) is 26.9 Å². The molecule has 6 nitrogen and oxygen atoms in total. The highest BCUT2D eigenvalue weighted by atomic mass is 16.2. The summed E-state index contributed by atoms with van der Waals surface area (Å²) < 4.78 is 2.58. The molecule has 23 heavy (non-hydrogen) atoms. The molecule has 0 saturated carbocycles. The molecule has 0 aliphatic carbocycles. The Hall–Kier alpha value is -2.81. The smallest absolute Gasteiger partial charge is 0.331 e. The third kappa shape index (κ3) is 2.78. The van der Waals surface area contributed by atoms with E-state index in [4.69, 9.17) is 0 Å². The van der Waals surface area contributed by atoms with Crippen LogP contribution in [0.25, 0.3) is 11.3 Å². The Labute approximate surface area is 134 Å². The molecule has 120 valence electrons. The lowest BCUT2D eigenvalue weighted by molar-refractivity contribution is 0.590. The van der Waals surface area contributed by atoms with Gasteiger partial charge >= 0.3 is 5.69 Å². The number of rotatable bonds is 4. The van der Waals surface area contributed by atoms with E-state index in [2.05, 4.69) is 0 Å². The Balaban J connectivity index is 2.83. The predicted molar refractivity (Wildman–Crippen MR) is 90.8 cm³/mol. The summed E-state index contributed by atoms with van der Waals surface area (Å²) in [6.07, 6.45) is 0. The van der Waals surface area contributed by atoms with Gasteiger partial charge in [0.1, 0.15) is 11.6 Å². The Kier molecular flexibility index (Phi) is 4.70. The standard InChI is InChI=1S/C17H20N4O2/c1-5-20-15(12-7-9-13(10-8-12)19(3)4)14(11-18)16(22)21(6-2)17(20)23/h7-10H,5-6H2,1-4H3. The van der Waals surface area contributed by atoms with E-state index in [1.807, 2.05) is 56.3 Å². The molecular weight excluding hydrogens is 292 g/mol. The minimum absolute atomic E-state index is 0.00547. The molecule has 0 radical (unpaired) electrons. The Morgan fingerprint density at radius 1 is 1.04 bits per heavy atom. The molecule has 0 amide bonds. The van der Waals surface area contributed by atoms with Crippen LogP contribution in [0.15, 0.2) is 33.9 Å². The van der Waals surface area contributed by atoms with Gasteiger partial charge in [0.15, 0.2) is 0 Å². The normalized spacial score (nSPS) is 10.4. The van der Waals surface area contributed by atoms with Crippen molar-refractivity contribution >= 4 is 5.69 Å².